The zero-order chi connectivity index (χ0) is 15.9. The van der Waals surface area contributed by atoms with Crippen LogP contribution in [0.5, 0.6) is 5.75 Å². The van der Waals surface area contributed by atoms with Gasteiger partial charge in [-0.05, 0) is 50.1 Å². The van der Waals surface area contributed by atoms with Crippen molar-refractivity contribution in [1.82, 2.24) is 4.31 Å². The van der Waals surface area contributed by atoms with Crippen molar-refractivity contribution in [2.45, 2.75) is 47.9 Å². The summed E-state index contributed by atoms with van der Waals surface area (Å²) in [6, 6.07) is 3.70. The van der Waals surface area contributed by atoms with E-state index in [1.807, 2.05) is 0 Å². The number of ether oxygens (including phenoxy) is 1. The van der Waals surface area contributed by atoms with Crippen molar-refractivity contribution >= 4 is 21.8 Å². The van der Waals surface area contributed by atoms with E-state index in [4.69, 9.17) is 4.74 Å². The Morgan fingerprint density at radius 1 is 1.27 bits per heavy atom. The first-order valence-corrected chi connectivity index (χ1v) is 10.1. The molecule has 1 aromatic carbocycles. The van der Waals surface area contributed by atoms with Gasteiger partial charge in [0.05, 0.1) is 7.11 Å². The van der Waals surface area contributed by atoms with Gasteiger partial charge >= 0.3 is 0 Å². The van der Waals surface area contributed by atoms with Crippen LogP contribution in [-0.4, -0.2) is 43.4 Å². The van der Waals surface area contributed by atoms with Crippen molar-refractivity contribution in [1.29, 1.82) is 0 Å². The SMILES string of the molecule is COc1ccc(F)cc1S(=O)(=O)N1C2CCC1CC(SC)C2. The van der Waals surface area contributed by atoms with Crippen molar-refractivity contribution in [3.63, 3.8) is 0 Å². The predicted molar refractivity (Wildman–Crippen MR) is 85.3 cm³/mol. The van der Waals surface area contributed by atoms with Gasteiger partial charge < -0.3 is 4.74 Å². The Bertz CT molecular complexity index is 651. The first-order valence-electron chi connectivity index (χ1n) is 7.37. The molecular weight excluding hydrogens is 325 g/mol. The molecule has 0 amide bonds. The van der Waals surface area contributed by atoms with E-state index in [0.717, 1.165) is 31.7 Å². The van der Waals surface area contributed by atoms with Gasteiger partial charge in [0.2, 0.25) is 10.0 Å². The molecule has 0 saturated carbocycles. The number of methoxy groups -OCH3 is 1. The minimum Gasteiger partial charge on any atom is -0.495 e. The summed E-state index contributed by atoms with van der Waals surface area (Å²) in [6.07, 6.45) is 5.59. The molecule has 0 aliphatic carbocycles. The second-order valence-corrected chi connectivity index (χ2v) is 8.79. The van der Waals surface area contributed by atoms with E-state index in [1.165, 1.54) is 19.2 Å². The molecule has 4 nitrogen and oxygen atoms in total. The van der Waals surface area contributed by atoms with Crippen LogP contribution >= 0.6 is 11.8 Å². The first-order chi connectivity index (χ1) is 10.5. The molecule has 2 aliphatic rings. The van der Waals surface area contributed by atoms with E-state index in [1.54, 1.807) is 16.1 Å². The van der Waals surface area contributed by atoms with Gasteiger partial charge in [-0.3, -0.25) is 0 Å². The largest absolute Gasteiger partial charge is 0.495 e. The van der Waals surface area contributed by atoms with Gasteiger partial charge in [0.15, 0.2) is 0 Å². The van der Waals surface area contributed by atoms with Gasteiger partial charge in [-0.2, -0.15) is 16.1 Å². The number of halogens is 1. The second kappa shape index (κ2) is 6.02. The Kier molecular flexibility index (Phi) is 4.40. The molecule has 2 fully saturated rings. The normalized spacial score (nSPS) is 28.8. The highest BCUT2D eigenvalue weighted by molar-refractivity contribution is 7.99. The van der Waals surface area contributed by atoms with Crippen LogP contribution in [0.15, 0.2) is 23.1 Å². The van der Waals surface area contributed by atoms with Gasteiger partial charge in [-0.1, -0.05) is 0 Å². The van der Waals surface area contributed by atoms with Crippen molar-refractivity contribution in [2.24, 2.45) is 0 Å². The number of piperidine rings is 1. The maximum atomic E-state index is 13.6. The quantitative estimate of drug-likeness (QED) is 0.842. The van der Waals surface area contributed by atoms with Gasteiger partial charge in [-0.25, -0.2) is 12.8 Å². The number of hydrogen-bond donors (Lipinski definition) is 0. The van der Waals surface area contributed by atoms with Gasteiger partial charge in [0.1, 0.15) is 16.5 Å². The van der Waals surface area contributed by atoms with Gasteiger partial charge in [-0.15, -0.1) is 0 Å². The molecule has 0 N–H and O–H groups in total. The number of thioether (sulfide) groups is 1. The third-order valence-electron chi connectivity index (χ3n) is 4.64. The zero-order valence-corrected chi connectivity index (χ0v) is 14.3. The van der Waals surface area contributed by atoms with E-state index >= 15 is 0 Å². The minimum atomic E-state index is -3.74. The number of fused-ring (bicyclic) bond motifs is 2. The Balaban J connectivity index is 1.99. The van der Waals surface area contributed by atoms with Gasteiger partial charge in [0.25, 0.3) is 0 Å². The molecule has 1 aromatic rings. The standard InChI is InChI=1S/C15H20FNO3S2/c1-20-14-6-3-10(16)7-15(14)22(18,19)17-11-4-5-12(17)9-13(8-11)21-2/h3,6-7,11-13H,4-5,8-9H2,1-2H3. The zero-order valence-electron chi connectivity index (χ0n) is 12.7. The van der Waals surface area contributed by atoms with E-state index in [9.17, 15) is 12.8 Å². The molecule has 3 rings (SSSR count). The highest BCUT2D eigenvalue weighted by atomic mass is 32.2. The number of rotatable bonds is 4. The third-order valence-corrected chi connectivity index (χ3v) is 7.72. The van der Waals surface area contributed by atoms with Crippen LogP contribution < -0.4 is 4.74 Å². The summed E-state index contributed by atoms with van der Waals surface area (Å²) in [7, 11) is -2.33. The number of hydrogen-bond acceptors (Lipinski definition) is 4. The Hall–Kier alpha value is -0.790. The molecule has 0 spiro atoms. The van der Waals surface area contributed by atoms with Crippen LogP contribution in [0.4, 0.5) is 4.39 Å². The molecule has 7 heteroatoms. The molecule has 2 atom stereocenters. The van der Waals surface area contributed by atoms with Crippen LogP contribution in [0, 0.1) is 5.82 Å². The number of nitrogens with zero attached hydrogens (tertiary/aromatic N) is 1. The Morgan fingerprint density at radius 3 is 2.45 bits per heavy atom. The van der Waals surface area contributed by atoms with E-state index in [2.05, 4.69) is 6.26 Å². The van der Waals surface area contributed by atoms with Crippen LogP contribution in [0.2, 0.25) is 0 Å². The van der Waals surface area contributed by atoms with Crippen LogP contribution in [-0.2, 0) is 10.0 Å². The average Bonchev–Trinajstić information content (AvgIpc) is 2.79. The average molecular weight is 345 g/mol. The lowest BCUT2D eigenvalue weighted by Crippen LogP contribution is -2.47. The summed E-state index contributed by atoms with van der Waals surface area (Å²) >= 11 is 1.81. The molecule has 2 heterocycles. The summed E-state index contributed by atoms with van der Waals surface area (Å²) in [5, 5.41) is 0.512. The monoisotopic (exact) mass is 345 g/mol. The molecular formula is C15H20FNO3S2. The van der Waals surface area contributed by atoms with Crippen LogP contribution in [0.25, 0.3) is 0 Å². The van der Waals surface area contributed by atoms with Crippen molar-refractivity contribution < 1.29 is 17.5 Å². The van der Waals surface area contributed by atoms with Crippen molar-refractivity contribution in [3.05, 3.63) is 24.0 Å². The van der Waals surface area contributed by atoms with E-state index in [-0.39, 0.29) is 22.7 Å². The Morgan fingerprint density at radius 2 is 1.91 bits per heavy atom. The lowest BCUT2D eigenvalue weighted by molar-refractivity contribution is 0.252. The maximum absolute atomic E-state index is 13.6. The summed E-state index contributed by atoms with van der Waals surface area (Å²) < 4.78 is 46.4. The summed E-state index contributed by atoms with van der Waals surface area (Å²) in [4.78, 5) is -0.0606. The molecule has 2 saturated heterocycles. The van der Waals surface area contributed by atoms with Crippen molar-refractivity contribution in [2.75, 3.05) is 13.4 Å². The smallest absolute Gasteiger partial charge is 0.247 e. The maximum Gasteiger partial charge on any atom is 0.247 e. The summed E-state index contributed by atoms with van der Waals surface area (Å²) in [6.45, 7) is 0. The van der Waals surface area contributed by atoms with E-state index < -0.39 is 15.8 Å². The fourth-order valence-corrected chi connectivity index (χ4v) is 6.53. The second-order valence-electron chi connectivity index (χ2n) is 5.84. The minimum absolute atomic E-state index is 0.0224. The lowest BCUT2D eigenvalue weighted by atomic mass is 10.1. The molecule has 2 bridgehead atoms. The molecule has 0 aromatic heterocycles. The third kappa shape index (κ3) is 2.63. The van der Waals surface area contributed by atoms with Crippen LogP contribution in [0.3, 0.4) is 0 Å². The fourth-order valence-electron chi connectivity index (χ4n) is 3.63. The van der Waals surface area contributed by atoms with Gasteiger partial charge in [0, 0.05) is 17.3 Å². The predicted octanol–water partition coefficient (Wildman–Crippen LogP) is 2.88. The molecule has 2 unspecified atom stereocenters. The molecule has 2 aliphatic heterocycles. The molecule has 122 valence electrons. The first kappa shape index (κ1) is 16.1. The Labute approximate surface area is 135 Å². The number of benzene rings is 1. The van der Waals surface area contributed by atoms with Crippen LogP contribution in [0.1, 0.15) is 25.7 Å². The number of sulfonamides is 1. The highest BCUT2D eigenvalue weighted by Crippen LogP contribution is 2.43. The highest BCUT2D eigenvalue weighted by Gasteiger charge is 2.47. The summed E-state index contributed by atoms with van der Waals surface area (Å²) in [5.41, 5.74) is 0. The lowest BCUT2D eigenvalue weighted by Gasteiger charge is -2.37. The molecule has 22 heavy (non-hydrogen) atoms. The van der Waals surface area contributed by atoms with Crippen molar-refractivity contribution in [3.8, 4) is 5.75 Å². The summed E-state index contributed by atoms with van der Waals surface area (Å²) in [5.74, 6) is -0.362. The van der Waals surface area contributed by atoms with E-state index in [0.29, 0.717) is 5.25 Å². The molecule has 0 radical (unpaired) electrons. The topological polar surface area (TPSA) is 46.6 Å². The fraction of sp³-hybridized carbons (Fsp3) is 0.600.